The van der Waals surface area contributed by atoms with Gasteiger partial charge in [0.15, 0.2) is 6.10 Å². The van der Waals surface area contributed by atoms with Crippen LogP contribution < -0.4 is 0 Å². The molecular weight excluding hydrogens is 178 g/mol. The first kappa shape index (κ1) is 8.57. The number of hydrogen-bond acceptors (Lipinski definition) is 2. The fraction of sp³-hybridized carbons (Fsp3) is 0.909. The van der Waals surface area contributed by atoms with Crippen molar-refractivity contribution in [2.24, 2.45) is 16.7 Å². The Kier molecular flexibility index (Phi) is 1.28. The molecule has 2 fully saturated rings. The predicted octanol–water partition coefficient (Wildman–Crippen LogP) is 1.75. The molecular formula is C11H17NO2. The Morgan fingerprint density at radius 1 is 1.43 bits per heavy atom. The Balaban J connectivity index is 2.10. The minimum absolute atomic E-state index is 0.0868. The standard InChI is InChI=1S/C11H17NO2/c1-10(2)7-4-5-11(10,3)9-8(7)12(13)6-14-9/h6-9H,4-5H2,1-3H3/t7?,8-,9?,11?/m0/s1. The van der Waals surface area contributed by atoms with Gasteiger partial charge in [-0.05, 0) is 18.3 Å². The largest absolute Gasteiger partial charge is 0.621 e. The molecule has 1 heterocycles. The Hall–Kier alpha value is -0.730. The summed E-state index contributed by atoms with van der Waals surface area (Å²) < 4.78 is 6.59. The van der Waals surface area contributed by atoms with E-state index in [4.69, 9.17) is 4.74 Å². The van der Waals surface area contributed by atoms with Crippen LogP contribution in [-0.2, 0) is 4.74 Å². The molecule has 0 aromatic heterocycles. The van der Waals surface area contributed by atoms with Crippen LogP contribution in [0.15, 0.2) is 0 Å². The van der Waals surface area contributed by atoms with E-state index in [9.17, 15) is 5.21 Å². The van der Waals surface area contributed by atoms with Crippen LogP contribution in [0.3, 0.4) is 0 Å². The van der Waals surface area contributed by atoms with E-state index >= 15 is 0 Å². The molecule has 14 heavy (non-hydrogen) atoms. The second-order valence-electron chi connectivity index (χ2n) is 5.80. The average molecular weight is 195 g/mol. The number of ether oxygens (including phenoxy) is 1. The van der Waals surface area contributed by atoms with E-state index in [1.54, 1.807) is 0 Å². The van der Waals surface area contributed by atoms with Crippen molar-refractivity contribution < 1.29 is 9.48 Å². The summed E-state index contributed by atoms with van der Waals surface area (Å²) in [4.78, 5) is 0. The second kappa shape index (κ2) is 2.10. The van der Waals surface area contributed by atoms with Crippen molar-refractivity contribution in [2.75, 3.05) is 0 Å². The van der Waals surface area contributed by atoms with Gasteiger partial charge >= 0.3 is 6.40 Å². The highest BCUT2D eigenvalue weighted by atomic mass is 16.6. The number of hydrogen-bond donors (Lipinski definition) is 0. The van der Waals surface area contributed by atoms with E-state index in [0.29, 0.717) is 5.92 Å². The molecule has 1 aliphatic heterocycles. The molecule has 0 N–H and O–H groups in total. The lowest BCUT2D eigenvalue weighted by Gasteiger charge is -2.35. The van der Waals surface area contributed by atoms with Crippen molar-refractivity contribution in [1.82, 2.24) is 0 Å². The lowest BCUT2D eigenvalue weighted by Crippen LogP contribution is -2.40. The maximum Gasteiger partial charge on any atom is 0.336 e. The van der Waals surface area contributed by atoms with Gasteiger partial charge in [-0.3, -0.25) is 0 Å². The van der Waals surface area contributed by atoms with Crippen LogP contribution in [0.1, 0.15) is 33.6 Å². The van der Waals surface area contributed by atoms with Crippen LogP contribution in [0, 0.1) is 22.0 Å². The minimum atomic E-state index is 0.0868. The SMILES string of the molecule is CC1(C)C2CCC1(C)C1OC=[N+]([O-])[C@@H]21. The molecule has 0 radical (unpaired) electrons. The van der Waals surface area contributed by atoms with Crippen LogP contribution in [0.4, 0.5) is 0 Å². The third kappa shape index (κ3) is 0.635. The van der Waals surface area contributed by atoms with Crippen LogP contribution in [0.25, 0.3) is 0 Å². The van der Waals surface area contributed by atoms with E-state index in [2.05, 4.69) is 20.8 Å². The summed E-state index contributed by atoms with van der Waals surface area (Å²) in [5.74, 6) is 0.508. The summed E-state index contributed by atoms with van der Waals surface area (Å²) in [5, 5.41) is 11.6. The van der Waals surface area contributed by atoms with E-state index in [1.165, 1.54) is 19.2 Å². The van der Waals surface area contributed by atoms with Gasteiger partial charge in [-0.1, -0.05) is 20.8 Å². The molecule has 0 aromatic carbocycles. The monoisotopic (exact) mass is 195 g/mol. The fourth-order valence-corrected chi connectivity index (χ4v) is 3.99. The number of rotatable bonds is 0. The zero-order valence-corrected chi connectivity index (χ0v) is 8.99. The Morgan fingerprint density at radius 3 is 2.79 bits per heavy atom. The zero-order valence-electron chi connectivity index (χ0n) is 8.99. The smallest absolute Gasteiger partial charge is 0.336 e. The highest BCUT2D eigenvalue weighted by molar-refractivity contribution is 5.44. The van der Waals surface area contributed by atoms with E-state index in [1.807, 2.05) is 0 Å². The first-order valence-corrected chi connectivity index (χ1v) is 5.43. The fourth-order valence-electron chi connectivity index (χ4n) is 3.99. The van der Waals surface area contributed by atoms with Crippen LogP contribution >= 0.6 is 0 Å². The van der Waals surface area contributed by atoms with Gasteiger partial charge in [0, 0.05) is 11.3 Å². The molecule has 0 spiro atoms. The molecule has 4 atom stereocenters. The maximum atomic E-state index is 11.6. The van der Waals surface area contributed by atoms with Crippen LogP contribution in [0.2, 0.25) is 0 Å². The topological polar surface area (TPSA) is 35.3 Å². The molecule has 2 aliphatic carbocycles. The molecule has 3 rings (SSSR count). The molecule has 3 heteroatoms. The molecule has 78 valence electrons. The summed E-state index contributed by atoms with van der Waals surface area (Å²) in [6, 6.07) is 0.0868. The van der Waals surface area contributed by atoms with Crippen molar-refractivity contribution in [2.45, 2.75) is 45.8 Å². The molecule has 2 saturated carbocycles. The van der Waals surface area contributed by atoms with Crippen molar-refractivity contribution in [3.63, 3.8) is 0 Å². The Morgan fingerprint density at radius 2 is 2.14 bits per heavy atom. The van der Waals surface area contributed by atoms with Gasteiger partial charge in [0.25, 0.3) is 0 Å². The van der Waals surface area contributed by atoms with Crippen molar-refractivity contribution in [1.29, 1.82) is 0 Å². The van der Waals surface area contributed by atoms with E-state index < -0.39 is 0 Å². The number of fused-ring (bicyclic) bond motifs is 5. The first-order valence-electron chi connectivity index (χ1n) is 5.43. The van der Waals surface area contributed by atoms with Gasteiger partial charge < -0.3 is 9.94 Å². The summed E-state index contributed by atoms with van der Waals surface area (Å²) in [5.41, 5.74) is 0.442. The highest BCUT2D eigenvalue weighted by Gasteiger charge is 2.72. The molecule has 2 bridgehead atoms. The molecule has 0 amide bonds. The lowest BCUT2D eigenvalue weighted by atomic mass is 9.70. The molecule has 3 nitrogen and oxygen atoms in total. The molecule has 0 saturated heterocycles. The van der Waals surface area contributed by atoms with Gasteiger partial charge in [0.1, 0.15) is 0 Å². The third-order valence-corrected chi connectivity index (χ3v) is 5.33. The summed E-state index contributed by atoms with van der Waals surface area (Å²) in [6.45, 7) is 6.87. The average Bonchev–Trinajstić information content (AvgIpc) is 2.63. The zero-order chi connectivity index (χ0) is 10.1. The van der Waals surface area contributed by atoms with E-state index in [0.717, 1.165) is 4.74 Å². The van der Waals surface area contributed by atoms with Gasteiger partial charge in [-0.2, -0.15) is 4.74 Å². The van der Waals surface area contributed by atoms with Crippen LogP contribution in [-0.4, -0.2) is 23.3 Å². The van der Waals surface area contributed by atoms with Crippen LogP contribution in [0.5, 0.6) is 0 Å². The Labute approximate surface area is 84.3 Å². The van der Waals surface area contributed by atoms with Gasteiger partial charge in [-0.25, -0.2) is 0 Å². The van der Waals surface area contributed by atoms with Crippen molar-refractivity contribution in [3.8, 4) is 0 Å². The summed E-state index contributed by atoms with van der Waals surface area (Å²) in [6.07, 6.45) is 3.89. The first-order chi connectivity index (χ1) is 6.48. The molecule has 3 unspecified atom stereocenters. The predicted molar refractivity (Wildman–Crippen MR) is 53.0 cm³/mol. The van der Waals surface area contributed by atoms with Gasteiger partial charge in [-0.15, -0.1) is 0 Å². The summed E-state index contributed by atoms with van der Waals surface area (Å²) >= 11 is 0. The van der Waals surface area contributed by atoms with E-state index in [-0.39, 0.29) is 23.0 Å². The number of nitrogens with zero attached hydrogens (tertiary/aromatic N) is 1. The molecule has 3 aliphatic rings. The lowest BCUT2D eigenvalue weighted by molar-refractivity contribution is -0.500. The minimum Gasteiger partial charge on any atom is -0.621 e. The normalized spacial score (nSPS) is 52.8. The quantitative estimate of drug-likeness (QED) is 0.436. The van der Waals surface area contributed by atoms with Gasteiger partial charge in [0.05, 0.1) is 0 Å². The third-order valence-electron chi connectivity index (χ3n) is 5.33. The highest BCUT2D eigenvalue weighted by Crippen LogP contribution is 2.67. The second-order valence-corrected chi connectivity index (χ2v) is 5.80. The maximum absolute atomic E-state index is 11.6. The Bertz CT molecular complexity index is 323. The van der Waals surface area contributed by atoms with Gasteiger partial charge in [0.2, 0.25) is 6.04 Å². The number of hydroxylamine groups is 1. The van der Waals surface area contributed by atoms with Crippen molar-refractivity contribution >= 4 is 6.40 Å². The molecule has 0 aromatic rings. The van der Waals surface area contributed by atoms with Crippen molar-refractivity contribution in [3.05, 3.63) is 5.21 Å². The summed E-state index contributed by atoms with van der Waals surface area (Å²) in [7, 11) is 0.